The Morgan fingerprint density at radius 1 is 1.58 bits per heavy atom. The maximum atomic E-state index is 11.8. The van der Waals surface area contributed by atoms with Crippen LogP contribution in [0.2, 0.25) is 5.02 Å². The minimum Gasteiger partial charge on any atom is -0.330 e. The number of hydrogen-bond acceptors (Lipinski definition) is 4. The highest BCUT2D eigenvalue weighted by molar-refractivity contribution is 6.33. The monoisotopic (exact) mass is 285 g/mol. The van der Waals surface area contributed by atoms with E-state index in [9.17, 15) is 14.9 Å². The van der Waals surface area contributed by atoms with Crippen LogP contribution >= 0.6 is 11.6 Å². The second-order valence-corrected chi connectivity index (χ2v) is 4.59. The van der Waals surface area contributed by atoms with Crippen molar-refractivity contribution in [2.24, 2.45) is 11.7 Å². The predicted molar refractivity (Wildman–Crippen MR) is 74.2 cm³/mol. The first-order valence-corrected chi connectivity index (χ1v) is 6.29. The fourth-order valence-electron chi connectivity index (χ4n) is 1.58. The van der Waals surface area contributed by atoms with E-state index in [1.165, 1.54) is 18.2 Å². The molecule has 1 aromatic carbocycles. The molecule has 0 aliphatic heterocycles. The zero-order valence-electron chi connectivity index (χ0n) is 10.6. The third-order valence-corrected chi connectivity index (χ3v) is 3.15. The van der Waals surface area contributed by atoms with Gasteiger partial charge in [0.15, 0.2) is 0 Å². The summed E-state index contributed by atoms with van der Waals surface area (Å²) in [6.45, 7) is 2.37. The zero-order valence-corrected chi connectivity index (χ0v) is 11.3. The predicted octanol–water partition coefficient (Wildman–Crippen LogP) is 2.56. The van der Waals surface area contributed by atoms with Crippen LogP contribution in [0.5, 0.6) is 0 Å². The van der Waals surface area contributed by atoms with Gasteiger partial charge in [-0.3, -0.25) is 14.9 Å². The van der Waals surface area contributed by atoms with Crippen molar-refractivity contribution >= 4 is 28.9 Å². The lowest BCUT2D eigenvalue weighted by atomic mass is 10.0. The molecule has 0 heterocycles. The number of nitro benzene ring substituents is 1. The van der Waals surface area contributed by atoms with Crippen LogP contribution in [0.1, 0.15) is 19.8 Å². The van der Waals surface area contributed by atoms with Gasteiger partial charge in [0.05, 0.1) is 15.6 Å². The lowest BCUT2D eigenvalue weighted by Gasteiger charge is -2.12. The summed E-state index contributed by atoms with van der Waals surface area (Å²) in [6, 6.07) is 3.91. The van der Waals surface area contributed by atoms with Gasteiger partial charge in [-0.25, -0.2) is 0 Å². The number of benzene rings is 1. The minimum atomic E-state index is -0.541. The first-order valence-electron chi connectivity index (χ1n) is 5.91. The van der Waals surface area contributed by atoms with Crippen molar-refractivity contribution in [3.05, 3.63) is 33.3 Å². The summed E-state index contributed by atoms with van der Waals surface area (Å²) >= 11 is 5.89. The molecule has 1 aromatic rings. The molecule has 0 saturated heterocycles. The van der Waals surface area contributed by atoms with Crippen LogP contribution < -0.4 is 11.1 Å². The van der Waals surface area contributed by atoms with Gasteiger partial charge in [0, 0.05) is 18.6 Å². The third-order valence-electron chi connectivity index (χ3n) is 2.82. The number of nitrogens with one attached hydrogen (secondary N) is 1. The van der Waals surface area contributed by atoms with E-state index >= 15 is 0 Å². The molecule has 1 unspecified atom stereocenters. The number of carbonyl (C=O) groups is 1. The highest BCUT2D eigenvalue weighted by Crippen LogP contribution is 2.27. The van der Waals surface area contributed by atoms with Crippen molar-refractivity contribution in [3.63, 3.8) is 0 Å². The van der Waals surface area contributed by atoms with Crippen molar-refractivity contribution in [2.45, 2.75) is 19.8 Å². The smallest absolute Gasteiger partial charge is 0.271 e. The molecule has 0 spiro atoms. The number of nitro groups is 1. The van der Waals surface area contributed by atoms with E-state index in [1.807, 2.05) is 6.92 Å². The van der Waals surface area contributed by atoms with E-state index in [2.05, 4.69) is 5.32 Å². The van der Waals surface area contributed by atoms with Crippen molar-refractivity contribution < 1.29 is 9.72 Å². The van der Waals surface area contributed by atoms with E-state index in [-0.39, 0.29) is 34.6 Å². The number of non-ortho nitro benzene ring substituents is 1. The van der Waals surface area contributed by atoms with E-state index in [4.69, 9.17) is 17.3 Å². The normalized spacial score (nSPS) is 11.9. The molecule has 104 valence electrons. The van der Waals surface area contributed by atoms with Gasteiger partial charge >= 0.3 is 0 Å². The Hall–Kier alpha value is -1.66. The highest BCUT2D eigenvalue weighted by Gasteiger charge is 2.14. The molecule has 6 nitrogen and oxygen atoms in total. The van der Waals surface area contributed by atoms with E-state index in [0.29, 0.717) is 6.54 Å². The summed E-state index contributed by atoms with van der Waals surface area (Å²) in [6.07, 6.45) is 1.07. The molecule has 0 radical (unpaired) electrons. The second-order valence-electron chi connectivity index (χ2n) is 4.18. The number of nitrogens with zero attached hydrogens (tertiary/aromatic N) is 1. The molecule has 1 atom stereocenters. The topological polar surface area (TPSA) is 98.3 Å². The molecule has 0 fully saturated rings. The van der Waals surface area contributed by atoms with Gasteiger partial charge in [-0.05, 0) is 18.5 Å². The quantitative estimate of drug-likeness (QED) is 0.620. The van der Waals surface area contributed by atoms with Crippen molar-refractivity contribution in [1.82, 2.24) is 0 Å². The fraction of sp³-hybridized carbons (Fsp3) is 0.417. The first kappa shape index (κ1) is 15.4. The maximum Gasteiger partial charge on any atom is 0.271 e. The standard InChI is InChI=1S/C12H16ClN3O3/c1-2-8(7-14)5-12(17)15-11-6-9(16(18)19)3-4-10(11)13/h3-4,6,8H,2,5,7,14H2,1H3,(H,15,17). The van der Waals surface area contributed by atoms with Crippen LogP contribution in [0.15, 0.2) is 18.2 Å². The number of nitrogens with two attached hydrogens (primary N) is 1. The Morgan fingerprint density at radius 3 is 2.79 bits per heavy atom. The maximum absolute atomic E-state index is 11.8. The SMILES string of the molecule is CCC(CN)CC(=O)Nc1cc([N+](=O)[O-])ccc1Cl. The summed E-state index contributed by atoms with van der Waals surface area (Å²) in [4.78, 5) is 21.9. The van der Waals surface area contributed by atoms with Crippen molar-refractivity contribution in [2.75, 3.05) is 11.9 Å². The average Bonchev–Trinajstić information content (AvgIpc) is 2.38. The van der Waals surface area contributed by atoms with Gasteiger partial charge in [0.25, 0.3) is 5.69 Å². The molecule has 1 rings (SSSR count). The molecule has 19 heavy (non-hydrogen) atoms. The van der Waals surface area contributed by atoms with E-state index in [1.54, 1.807) is 0 Å². The molecular weight excluding hydrogens is 270 g/mol. The van der Waals surface area contributed by atoms with Gasteiger partial charge in [-0.15, -0.1) is 0 Å². The van der Waals surface area contributed by atoms with Crippen LogP contribution in [0, 0.1) is 16.0 Å². The summed E-state index contributed by atoms with van der Waals surface area (Å²) in [5, 5.41) is 13.5. The van der Waals surface area contributed by atoms with Crippen LogP contribution in [-0.4, -0.2) is 17.4 Å². The van der Waals surface area contributed by atoms with Crippen LogP contribution in [0.4, 0.5) is 11.4 Å². The lowest BCUT2D eigenvalue weighted by Crippen LogP contribution is -2.21. The molecule has 0 aliphatic carbocycles. The molecule has 0 bridgehead atoms. The Balaban J connectivity index is 2.78. The van der Waals surface area contributed by atoms with Crippen molar-refractivity contribution in [1.29, 1.82) is 0 Å². The molecule has 1 amide bonds. The molecule has 0 aromatic heterocycles. The number of carbonyl (C=O) groups excluding carboxylic acids is 1. The van der Waals surface area contributed by atoms with Gasteiger partial charge in [-0.2, -0.15) is 0 Å². The number of anilines is 1. The van der Waals surface area contributed by atoms with E-state index < -0.39 is 4.92 Å². The number of halogens is 1. The van der Waals surface area contributed by atoms with E-state index in [0.717, 1.165) is 6.42 Å². The average molecular weight is 286 g/mol. The van der Waals surface area contributed by atoms with Gasteiger partial charge in [0.2, 0.25) is 5.91 Å². The summed E-state index contributed by atoms with van der Waals surface area (Å²) < 4.78 is 0. The summed E-state index contributed by atoms with van der Waals surface area (Å²) in [5.41, 5.74) is 5.65. The lowest BCUT2D eigenvalue weighted by molar-refractivity contribution is -0.384. The zero-order chi connectivity index (χ0) is 14.4. The second kappa shape index (κ2) is 7.06. The third kappa shape index (κ3) is 4.50. The Labute approximate surface area is 116 Å². The van der Waals surface area contributed by atoms with Gasteiger partial charge < -0.3 is 11.1 Å². The number of amides is 1. The van der Waals surface area contributed by atoms with Crippen LogP contribution in [-0.2, 0) is 4.79 Å². The number of rotatable bonds is 6. The summed E-state index contributed by atoms with van der Waals surface area (Å²) in [5.74, 6) is -0.155. The minimum absolute atomic E-state index is 0.0949. The Morgan fingerprint density at radius 2 is 2.26 bits per heavy atom. The van der Waals surface area contributed by atoms with Gasteiger partial charge in [-0.1, -0.05) is 24.9 Å². The molecule has 0 aliphatic rings. The van der Waals surface area contributed by atoms with Gasteiger partial charge in [0.1, 0.15) is 0 Å². The van der Waals surface area contributed by atoms with Crippen LogP contribution in [0.3, 0.4) is 0 Å². The molecule has 7 heteroatoms. The highest BCUT2D eigenvalue weighted by atomic mass is 35.5. The summed E-state index contributed by atoms with van der Waals surface area (Å²) in [7, 11) is 0. The molecule has 0 saturated carbocycles. The number of hydrogen-bond donors (Lipinski definition) is 2. The Bertz CT molecular complexity index is 475. The first-order chi connectivity index (χ1) is 8.97. The molecular formula is C12H16ClN3O3. The van der Waals surface area contributed by atoms with Crippen molar-refractivity contribution in [3.8, 4) is 0 Å². The molecule has 3 N–H and O–H groups in total. The Kier molecular flexibility index (Phi) is 5.72. The van der Waals surface area contributed by atoms with Crippen LogP contribution in [0.25, 0.3) is 0 Å². The fourth-order valence-corrected chi connectivity index (χ4v) is 1.75. The largest absolute Gasteiger partial charge is 0.330 e.